The molecule has 0 saturated carbocycles. The van der Waals surface area contributed by atoms with E-state index >= 15 is 0 Å². The molecule has 1 saturated heterocycles. The highest BCUT2D eigenvalue weighted by molar-refractivity contribution is 5.37. The van der Waals surface area contributed by atoms with Crippen molar-refractivity contribution in [3.8, 4) is 5.75 Å². The Kier molecular flexibility index (Phi) is 4.49. The normalized spacial score (nSPS) is 18.9. The van der Waals surface area contributed by atoms with Crippen LogP contribution in [0.15, 0.2) is 18.2 Å². The Balaban J connectivity index is 2.43. The molecule has 1 aliphatic heterocycles. The molecule has 1 atom stereocenters. The van der Waals surface area contributed by atoms with Crippen LogP contribution in [0.25, 0.3) is 0 Å². The lowest BCUT2D eigenvalue weighted by Gasteiger charge is -2.36. The summed E-state index contributed by atoms with van der Waals surface area (Å²) >= 11 is 0. The maximum atomic E-state index is 13.4. The van der Waals surface area contributed by atoms with Gasteiger partial charge in [-0.15, -0.1) is 0 Å². The predicted octanol–water partition coefficient (Wildman–Crippen LogP) is 2.34. The topological polar surface area (TPSA) is 24.5 Å². The van der Waals surface area contributed by atoms with E-state index in [0.717, 1.165) is 12.1 Å². The highest BCUT2D eigenvalue weighted by atomic mass is 19.4. The maximum Gasteiger partial charge on any atom is 0.408 e. The minimum atomic E-state index is -4.49. The summed E-state index contributed by atoms with van der Waals surface area (Å²) in [6.45, 7) is 1.46. The molecular weight excluding hydrogens is 276 g/mol. The molecule has 1 aliphatic rings. The smallest absolute Gasteiger partial charge is 0.408 e. The lowest BCUT2D eigenvalue weighted by atomic mass is 10.0. The quantitative estimate of drug-likeness (QED) is 0.866. The molecule has 2 rings (SSSR count). The second-order valence-electron chi connectivity index (χ2n) is 4.62. The zero-order valence-electron chi connectivity index (χ0n) is 11.0. The second-order valence-corrected chi connectivity index (χ2v) is 4.62. The van der Waals surface area contributed by atoms with Crippen molar-refractivity contribution >= 4 is 0 Å². The molecule has 0 spiro atoms. The van der Waals surface area contributed by atoms with Crippen molar-refractivity contribution in [3.05, 3.63) is 29.6 Å². The lowest BCUT2D eigenvalue weighted by molar-refractivity contribution is -0.188. The largest absolute Gasteiger partial charge is 0.496 e. The minimum absolute atomic E-state index is 0.0484. The van der Waals surface area contributed by atoms with Gasteiger partial charge in [-0.05, 0) is 18.2 Å². The Bertz CT molecular complexity index is 458. The number of methoxy groups -OCH3 is 1. The summed E-state index contributed by atoms with van der Waals surface area (Å²) in [5, 5.41) is 3.00. The van der Waals surface area contributed by atoms with Gasteiger partial charge >= 0.3 is 6.18 Å². The molecule has 1 fully saturated rings. The predicted molar refractivity (Wildman–Crippen MR) is 66.2 cm³/mol. The van der Waals surface area contributed by atoms with Gasteiger partial charge in [0.15, 0.2) is 0 Å². The van der Waals surface area contributed by atoms with E-state index < -0.39 is 18.0 Å². The first kappa shape index (κ1) is 15.1. The molecule has 1 N–H and O–H groups in total. The van der Waals surface area contributed by atoms with Crippen molar-refractivity contribution < 1.29 is 22.3 Å². The van der Waals surface area contributed by atoms with Gasteiger partial charge in [-0.3, -0.25) is 4.90 Å². The van der Waals surface area contributed by atoms with Crippen LogP contribution in [0.4, 0.5) is 17.6 Å². The SMILES string of the molecule is COc1ccc(F)cc1[C@@H](N1CCNCC1)C(F)(F)F. The van der Waals surface area contributed by atoms with E-state index in [1.54, 1.807) is 0 Å². The molecule has 20 heavy (non-hydrogen) atoms. The monoisotopic (exact) mass is 292 g/mol. The Morgan fingerprint density at radius 2 is 1.90 bits per heavy atom. The zero-order valence-corrected chi connectivity index (χ0v) is 11.0. The van der Waals surface area contributed by atoms with Crippen molar-refractivity contribution in [2.24, 2.45) is 0 Å². The van der Waals surface area contributed by atoms with Gasteiger partial charge in [-0.2, -0.15) is 13.2 Å². The van der Waals surface area contributed by atoms with Crippen LogP contribution in [0, 0.1) is 5.82 Å². The van der Waals surface area contributed by atoms with E-state index in [1.807, 2.05) is 0 Å². The summed E-state index contributed by atoms with van der Waals surface area (Å²) in [6.07, 6.45) is -4.49. The fourth-order valence-corrected chi connectivity index (χ4v) is 2.44. The Morgan fingerprint density at radius 1 is 1.25 bits per heavy atom. The standard InChI is InChI=1S/C13H16F4N2O/c1-20-11-3-2-9(14)8-10(11)12(13(15,16)17)19-6-4-18-5-7-19/h2-3,8,12,18H,4-7H2,1H3/t12-/m1/s1. The van der Waals surface area contributed by atoms with E-state index in [4.69, 9.17) is 4.74 Å². The Hall–Kier alpha value is -1.34. The Morgan fingerprint density at radius 3 is 2.45 bits per heavy atom. The molecular formula is C13H16F4N2O. The van der Waals surface area contributed by atoms with E-state index in [-0.39, 0.29) is 24.4 Å². The molecule has 1 aromatic rings. The molecule has 0 aliphatic carbocycles. The first-order valence-corrected chi connectivity index (χ1v) is 6.28. The minimum Gasteiger partial charge on any atom is -0.496 e. The van der Waals surface area contributed by atoms with Crippen LogP contribution in [0.2, 0.25) is 0 Å². The average molecular weight is 292 g/mol. The van der Waals surface area contributed by atoms with E-state index in [9.17, 15) is 17.6 Å². The highest BCUT2D eigenvalue weighted by Crippen LogP contribution is 2.41. The molecule has 3 nitrogen and oxygen atoms in total. The third-order valence-corrected chi connectivity index (χ3v) is 3.31. The number of alkyl halides is 3. The molecule has 0 radical (unpaired) electrons. The van der Waals surface area contributed by atoms with Gasteiger partial charge in [0.05, 0.1) is 7.11 Å². The van der Waals surface area contributed by atoms with Crippen molar-refractivity contribution in [1.29, 1.82) is 0 Å². The number of halogens is 4. The fraction of sp³-hybridized carbons (Fsp3) is 0.538. The van der Waals surface area contributed by atoms with Crippen LogP contribution < -0.4 is 10.1 Å². The molecule has 112 valence electrons. The van der Waals surface area contributed by atoms with Crippen molar-refractivity contribution in [2.75, 3.05) is 33.3 Å². The van der Waals surface area contributed by atoms with Crippen LogP contribution in [-0.2, 0) is 0 Å². The zero-order chi connectivity index (χ0) is 14.8. The van der Waals surface area contributed by atoms with Crippen LogP contribution in [0.5, 0.6) is 5.75 Å². The van der Waals surface area contributed by atoms with Gasteiger partial charge in [0.25, 0.3) is 0 Å². The van der Waals surface area contributed by atoms with Gasteiger partial charge in [-0.25, -0.2) is 4.39 Å². The summed E-state index contributed by atoms with van der Waals surface area (Å²) in [5.41, 5.74) is -0.179. The van der Waals surface area contributed by atoms with E-state index in [2.05, 4.69) is 5.32 Å². The fourth-order valence-electron chi connectivity index (χ4n) is 2.44. The highest BCUT2D eigenvalue weighted by Gasteiger charge is 2.46. The van der Waals surface area contributed by atoms with E-state index in [0.29, 0.717) is 13.1 Å². The van der Waals surface area contributed by atoms with Gasteiger partial charge in [0.1, 0.15) is 17.6 Å². The third kappa shape index (κ3) is 3.21. The summed E-state index contributed by atoms with van der Waals surface area (Å²) in [6, 6.07) is 1.37. The number of hydrogen-bond donors (Lipinski definition) is 1. The summed E-state index contributed by atoms with van der Waals surface area (Å²) in [7, 11) is 1.28. The number of benzene rings is 1. The third-order valence-electron chi connectivity index (χ3n) is 3.31. The number of nitrogens with zero attached hydrogens (tertiary/aromatic N) is 1. The van der Waals surface area contributed by atoms with Crippen LogP contribution in [0.1, 0.15) is 11.6 Å². The number of rotatable bonds is 3. The molecule has 0 unspecified atom stereocenters. The van der Waals surface area contributed by atoms with Crippen molar-refractivity contribution in [3.63, 3.8) is 0 Å². The first-order chi connectivity index (χ1) is 9.43. The number of nitrogens with one attached hydrogen (secondary N) is 1. The molecule has 0 amide bonds. The maximum absolute atomic E-state index is 13.4. The molecule has 1 aromatic carbocycles. The van der Waals surface area contributed by atoms with Gasteiger partial charge < -0.3 is 10.1 Å². The van der Waals surface area contributed by atoms with Crippen LogP contribution in [-0.4, -0.2) is 44.4 Å². The number of hydrogen-bond acceptors (Lipinski definition) is 3. The molecule has 0 bridgehead atoms. The van der Waals surface area contributed by atoms with E-state index in [1.165, 1.54) is 18.1 Å². The van der Waals surface area contributed by atoms with Gasteiger partial charge in [0, 0.05) is 31.7 Å². The van der Waals surface area contributed by atoms with Crippen molar-refractivity contribution in [1.82, 2.24) is 10.2 Å². The lowest BCUT2D eigenvalue weighted by Crippen LogP contribution is -2.49. The summed E-state index contributed by atoms with van der Waals surface area (Å²) in [5.74, 6) is -0.655. The number of piperazine rings is 1. The van der Waals surface area contributed by atoms with Crippen molar-refractivity contribution in [2.45, 2.75) is 12.2 Å². The van der Waals surface area contributed by atoms with Gasteiger partial charge in [-0.1, -0.05) is 0 Å². The molecule has 1 heterocycles. The number of ether oxygens (including phenoxy) is 1. The second kappa shape index (κ2) is 5.97. The van der Waals surface area contributed by atoms with Crippen LogP contribution >= 0.6 is 0 Å². The summed E-state index contributed by atoms with van der Waals surface area (Å²) < 4.78 is 58.5. The molecule has 0 aromatic heterocycles. The Labute approximate surface area is 114 Å². The molecule has 7 heteroatoms. The average Bonchev–Trinajstić information content (AvgIpc) is 2.39. The first-order valence-electron chi connectivity index (χ1n) is 6.28. The van der Waals surface area contributed by atoms with Gasteiger partial charge in [0.2, 0.25) is 0 Å². The summed E-state index contributed by atoms with van der Waals surface area (Å²) in [4.78, 5) is 1.30. The van der Waals surface area contributed by atoms with Crippen LogP contribution in [0.3, 0.4) is 0 Å².